The molecule has 3 aliphatic carbocycles. The third kappa shape index (κ3) is 1.89. The lowest BCUT2D eigenvalue weighted by Crippen LogP contribution is -2.71. The van der Waals surface area contributed by atoms with Crippen molar-refractivity contribution < 1.29 is 22.7 Å². The molecule has 2 unspecified atom stereocenters. The zero-order chi connectivity index (χ0) is 14.9. The van der Waals surface area contributed by atoms with Gasteiger partial charge in [-0.3, -0.25) is 0 Å². The maximum absolute atomic E-state index is 12.8. The van der Waals surface area contributed by atoms with Gasteiger partial charge in [0.1, 0.15) is 0 Å². The van der Waals surface area contributed by atoms with Crippen molar-refractivity contribution >= 4 is 6.03 Å². The first-order chi connectivity index (χ1) is 9.83. The Morgan fingerprint density at radius 1 is 1.33 bits per heavy atom. The number of halogens is 3. The van der Waals surface area contributed by atoms with Crippen LogP contribution in [0.15, 0.2) is 0 Å². The van der Waals surface area contributed by atoms with E-state index in [9.17, 15) is 18.0 Å². The second kappa shape index (κ2) is 4.06. The number of rotatable bonds is 2. The number of alkyl halides is 3. The maximum Gasteiger partial charge on any atom is 0.394 e. The van der Waals surface area contributed by atoms with E-state index < -0.39 is 11.6 Å². The number of ether oxygens (including phenoxy) is 1. The summed E-state index contributed by atoms with van der Waals surface area (Å²) in [4.78, 5) is 14.0. The molecule has 0 aromatic carbocycles. The monoisotopic (exact) mass is 304 g/mol. The number of hydrogen-bond acceptors (Lipinski definition) is 2. The Morgan fingerprint density at radius 3 is 2.71 bits per heavy atom. The zero-order valence-corrected chi connectivity index (χ0v) is 11.7. The number of nitrogens with one attached hydrogen (secondary N) is 1. The molecule has 2 heterocycles. The van der Waals surface area contributed by atoms with Crippen LogP contribution in [0.1, 0.15) is 32.1 Å². The molecule has 1 N–H and O–H groups in total. The molecule has 4 nitrogen and oxygen atoms in total. The number of likely N-dealkylation sites (tertiary alicyclic amines) is 1. The van der Waals surface area contributed by atoms with Crippen molar-refractivity contribution in [3.63, 3.8) is 0 Å². The molecule has 21 heavy (non-hydrogen) atoms. The van der Waals surface area contributed by atoms with Gasteiger partial charge in [0, 0.05) is 13.1 Å². The van der Waals surface area contributed by atoms with Gasteiger partial charge in [0.15, 0.2) is 0 Å². The molecule has 2 amide bonds. The summed E-state index contributed by atoms with van der Waals surface area (Å²) in [5.74, 6) is 0. The molecule has 5 aliphatic rings. The van der Waals surface area contributed by atoms with Crippen molar-refractivity contribution in [2.75, 3.05) is 19.7 Å². The van der Waals surface area contributed by atoms with Crippen LogP contribution in [0.4, 0.5) is 18.0 Å². The first-order valence-corrected chi connectivity index (χ1v) is 7.55. The second-order valence-electron chi connectivity index (χ2n) is 7.29. The molecular formula is C14H19F3N2O2. The van der Waals surface area contributed by atoms with E-state index >= 15 is 0 Å². The van der Waals surface area contributed by atoms with Crippen LogP contribution in [0.25, 0.3) is 0 Å². The molecule has 0 aromatic heterocycles. The van der Waals surface area contributed by atoms with Crippen LogP contribution in [0.2, 0.25) is 0 Å². The van der Waals surface area contributed by atoms with E-state index in [1.807, 2.05) is 0 Å². The minimum atomic E-state index is -4.08. The van der Waals surface area contributed by atoms with Crippen molar-refractivity contribution in [3.8, 4) is 0 Å². The first kappa shape index (κ1) is 13.7. The fourth-order valence-electron chi connectivity index (χ4n) is 4.69. The Balaban J connectivity index is 1.28. The van der Waals surface area contributed by atoms with Crippen LogP contribution in [0.3, 0.4) is 0 Å². The molecule has 118 valence electrons. The Morgan fingerprint density at radius 2 is 2.05 bits per heavy atom. The van der Waals surface area contributed by atoms with Crippen molar-refractivity contribution in [2.45, 2.75) is 50.4 Å². The minimum Gasteiger partial charge on any atom is -0.376 e. The molecule has 0 radical (unpaired) electrons. The zero-order valence-electron chi connectivity index (χ0n) is 11.7. The lowest BCUT2D eigenvalue weighted by molar-refractivity contribution is -0.360. The number of carbonyl (C=O) groups is 1. The summed E-state index contributed by atoms with van der Waals surface area (Å²) < 4.78 is 43.9. The van der Waals surface area contributed by atoms with Gasteiger partial charge in [0.25, 0.3) is 0 Å². The molecule has 0 aromatic rings. The SMILES string of the molecule is O=C(NCC12CC(C(F)(F)F)(C1)C2)N1CCC2CC1CO2. The summed E-state index contributed by atoms with van der Waals surface area (Å²) in [6.07, 6.45) is -1.53. The number of piperidine rings is 1. The molecule has 5 rings (SSSR count). The molecular weight excluding hydrogens is 285 g/mol. The van der Waals surface area contributed by atoms with Gasteiger partial charge in [-0.25, -0.2) is 4.79 Å². The normalized spacial score (nSPS) is 44.0. The third-order valence-corrected chi connectivity index (χ3v) is 5.81. The molecule has 3 saturated carbocycles. The van der Waals surface area contributed by atoms with Gasteiger partial charge < -0.3 is 15.0 Å². The van der Waals surface area contributed by atoms with E-state index in [0.717, 1.165) is 12.8 Å². The average molecular weight is 304 g/mol. The summed E-state index contributed by atoms with van der Waals surface area (Å²) in [6.45, 7) is 1.64. The lowest BCUT2D eigenvalue weighted by Gasteiger charge is -2.70. The predicted molar refractivity (Wildman–Crippen MR) is 67.6 cm³/mol. The van der Waals surface area contributed by atoms with E-state index in [1.54, 1.807) is 4.90 Å². The van der Waals surface area contributed by atoms with E-state index in [-0.39, 0.29) is 42.9 Å². The maximum atomic E-state index is 12.8. The van der Waals surface area contributed by atoms with Gasteiger partial charge in [0.05, 0.1) is 24.2 Å². The van der Waals surface area contributed by atoms with Crippen molar-refractivity contribution in [1.29, 1.82) is 0 Å². The second-order valence-corrected chi connectivity index (χ2v) is 7.29. The highest BCUT2D eigenvalue weighted by Crippen LogP contribution is 2.78. The minimum absolute atomic E-state index is 0.137. The van der Waals surface area contributed by atoms with Gasteiger partial charge in [0.2, 0.25) is 0 Å². The molecule has 5 fully saturated rings. The Labute approximate surface area is 121 Å². The highest BCUT2D eigenvalue weighted by Gasteiger charge is 2.78. The summed E-state index contributed by atoms with van der Waals surface area (Å²) >= 11 is 0. The largest absolute Gasteiger partial charge is 0.394 e. The van der Waals surface area contributed by atoms with Gasteiger partial charge in [-0.2, -0.15) is 13.2 Å². The molecule has 0 spiro atoms. The quantitative estimate of drug-likeness (QED) is 0.850. The van der Waals surface area contributed by atoms with Gasteiger partial charge in [-0.1, -0.05) is 0 Å². The van der Waals surface area contributed by atoms with E-state index in [2.05, 4.69) is 5.32 Å². The Hall–Kier alpha value is -0.980. The van der Waals surface area contributed by atoms with E-state index in [0.29, 0.717) is 19.7 Å². The van der Waals surface area contributed by atoms with Crippen LogP contribution in [0, 0.1) is 10.8 Å². The van der Waals surface area contributed by atoms with E-state index in [1.165, 1.54) is 0 Å². The summed E-state index contributed by atoms with van der Waals surface area (Å²) in [6, 6.07) is -0.00645. The molecule has 2 atom stereocenters. The van der Waals surface area contributed by atoms with Gasteiger partial charge in [-0.15, -0.1) is 0 Å². The van der Waals surface area contributed by atoms with E-state index in [4.69, 9.17) is 4.74 Å². The summed E-state index contributed by atoms with van der Waals surface area (Å²) in [7, 11) is 0. The standard InChI is InChI=1S/C14H19F3N2O2/c15-14(16,17)13-5-12(6-13,7-13)8-18-11(20)19-2-1-10-3-9(19)4-21-10/h9-10H,1-8H2,(H,18,20). The molecule has 4 bridgehead atoms. The number of fused-ring (bicyclic) bond motifs is 2. The molecule has 2 aliphatic heterocycles. The van der Waals surface area contributed by atoms with Gasteiger partial charge >= 0.3 is 12.2 Å². The fourth-order valence-corrected chi connectivity index (χ4v) is 4.69. The molecule has 7 heteroatoms. The van der Waals surface area contributed by atoms with Crippen LogP contribution < -0.4 is 5.32 Å². The first-order valence-electron chi connectivity index (χ1n) is 7.55. The fraction of sp³-hybridized carbons (Fsp3) is 0.929. The topological polar surface area (TPSA) is 41.6 Å². The molecule has 2 saturated heterocycles. The number of urea groups is 1. The average Bonchev–Trinajstić information content (AvgIpc) is 2.65. The summed E-state index contributed by atoms with van der Waals surface area (Å²) in [5, 5.41) is 2.85. The van der Waals surface area contributed by atoms with Crippen LogP contribution in [-0.4, -0.2) is 48.9 Å². The Bertz CT molecular complexity index is 460. The number of amides is 2. The van der Waals surface area contributed by atoms with Crippen LogP contribution >= 0.6 is 0 Å². The van der Waals surface area contributed by atoms with Gasteiger partial charge in [-0.05, 0) is 37.5 Å². The van der Waals surface area contributed by atoms with Crippen molar-refractivity contribution in [1.82, 2.24) is 10.2 Å². The third-order valence-electron chi connectivity index (χ3n) is 5.81. The highest BCUT2D eigenvalue weighted by atomic mass is 19.4. The van der Waals surface area contributed by atoms with Crippen molar-refractivity contribution in [2.24, 2.45) is 10.8 Å². The highest BCUT2D eigenvalue weighted by molar-refractivity contribution is 5.75. The van der Waals surface area contributed by atoms with Crippen LogP contribution in [-0.2, 0) is 4.74 Å². The number of nitrogens with zero attached hydrogens (tertiary/aromatic N) is 1. The number of carbonyl (C=O) groups excluding carboxylic acids is 1. The number of hydrogen-bond donors (Lipinski definition) is 1. The van der Waals surface area contributed by atoms with Crippen molar-refractivity contribution in [3.05, 3.63) is 0 Å². The smallest absolute Gasteiger partial charge is 0.376 e. The Kier molecular flexibility index (Phi) is 2.64. The lowest BCUT2D eigenvalue weighted by atomic mass is 9.35. The van der Waals surface area contributed by atoms with Crippen LogP contribution in [0.5, 0.6) is 0 Å². The predicted octanol–water partition coefficient (Wildman–Crippen LogP) is 2.29. The summed E-state index contributed by atoms with van der Waals surface area (Å²) in [5.41, 5.74) is -1.73.